The summed E-state index contributed by atoms with van der Waals surface area (Å²) in [5.74, 6) is 2.28. The number of hydrogen-bond donors (Lipinski definition) is 2. The van der Waals surface area contributed by atoms with Crippen LogP contribution >= 0.6 is 0 Å². The average molecular weight is 218 g/mol. The number of fused-ring (bicyclic) bond motifs is 1. The summed E-state index contributed by atoms with van der Waals surface area (Å²) in [6.45, 7) is 2.00. The number of nitrogen functional groups attached to an aromatic ring is 1. The number of nitrogens with one attached hydrogen (secondary N) is 1. The summed E-state index contributed by atoms with van der Waals surface area (Å²) >= 11 is 0. The van der Waals surface area contributed by atoms with Gasteiger partial charge in [0, 0.05) is 24.4 Å². The maximum Gasteiger partial charge on any atom is 0.134 e. The summed E-state index contributed by atoms with van der Waals surface area (Å²) in [4.78, 5) is 9.21. The molecule has 3 N–H and O–H groups in total. The van der Waals surface area contributed by atoms with E-state index in [1.165, 1.54) is 30.5 Å². The van der Waals surface area contributed by atoms with E-state index in [9.17, 15) is 0 Å². The Morgan fingerprint density at radius 2 is 1.94 bits per heavy atom. The van der Waals surface area contributed by atoms with Gasteiger partial charge in [0.2, 0.25) is 0 Å². The van der Waals surface area contributed by atoms with Gasteiger partial charge >= 0.3 is 0 Å². The van der Waals surface area contributed by atoms with Crippen LogP contribution in [0.1, 0.15) is 42.3 Å². The maximum absolute atomic E-state index is 6.05. The van der Waals surface area contributed by atoms with Crippen LogP contribution in [0.5, 0.6) is 0 Å². The topological polar surface area (TPSA) is 63.8 Å². The molecule has 0 atom stereocenters. The monoisotopic (exact) mass is 218 g/mol. The van der Waals surface area contributed by atoms with Gasteiger partial charge in [0.25, 0.3) is 0 Å². The molecule has 2 heterocycles. The van der Waals surface area contributed by atoms with Crippen LogP contribution in [0.15, 0.2) is 0 Å². The predicted molar refractivity (Wildman–Crippen MR) is 63.3 cm³/mol. The third-order valence-electron chi connectivity index (χ3n) is 3.70. The summed E-state index contributed by atoms with van der Waals surface area (Å²) in [5.41, 5.74) is 8.40. The van der Waals surface area contributed by atoms with Gasteiger partial charge in [-0.2, -0.15) is 0 Å². The van der Waals surface area contributed by atoms with Gasteiger partial charge < -0.3 is 11.1 Å². The summed E-state index contributed by atoms with van der Waals surface area (Å²) in [7, 11) is 0. The Labute approximate surface area is 95.7 Å². The molecule has 4 nitrogen and oxygen atoms in total. The molecule has 0 saturated heterocycles. The van der Waals surface area contributed by atoms with Gasteiger partial charge in [-0.15, -0.1) is 0 Å². The summed E-state index contributed by atoms with van der Waals surface area (Å²) in [6, 6.07) is 0. The zero-order chi connectivity index (χ0) is 11.0. The van der Waals surface area contributed by atoms with Crippen LogP contribution in [-0.2, 0) is 12.8 Å². The lowest BCUT2D eigenvalue weighted by molar-refractivity contribution is 0.400. The fraction of sp³-hybridized carbons (Fsp3) is 0.667. The first kappa shape index (κ1) is 10.0. The Bertz CT molecular complexity index is 398. The maximum atomic E-state index is 6.05. The smallest absolute Gasteiger partial charge is 0.134 e. The van der Waals surface area contributed by atoms with E-state index in [1.807, 2.05) is 0 Å². The highest BCUT2D eigenvalue weighted by Gasteiger charge is 2.24. The lowest BCUT2D eigenvalue weighted by Gasteiger charge is -2.24. The van der Waals surface area contributed by atoms with Gasteiger partial charge in [-0.25, -0.2) is 9.97 Å². The molecule has 2 aliphatic rings. The SMILES string of the molecule is Nc1nc(C2CCC2)nc2c1CCNCC2. The fourth-order valence-electron chi connectivity index (χ4n) is 2.44. The van der Waals surface area contributed by atoms with Crippen LogP contribution in [0.4, 0.5) is 5.82 Å². The van der Waals surface area contributed by atoms with Crippen molar-refractivity contribution >= 4 is 5.82 Å². The molecular weight excluding hydrogens is 200 g/mol. The Balaban J connectivity index is 1.98. The summed E-state index contributed by atoms with van der Waals surface area (Å²) in [6.07, 6.45) is 5.73. The Kier molecular flexibility index (Phi) is 2.52. The quantitative estimate of drug-likeness (QED) is 0.738. The van der Waals surface area contributed by atoms with Crippen molar-refractivity contribution in [2.75, 3.05) is 18.8 Å². The molecule has 0 bridgehead atoms. The second kappa shape index (κ2) is 4.01. The first-order valence-electron chi connectivity index (χ1n) is 6.20. The van der Waals surface area contributed by atoms with Gasteiger partial charge in [-0.3, -0.25) is 0 Å². The van der Waals surface area contributed by atoms with Crippen LogP contribution in [0.2, 0.25) is 0 Å². The molecule has 1 aromatic heterocycles. The third-order valence-corrected chi connectivity index (χ3v) is 3.70. The minimum atomic E-state index is 0.573. The van der Waals surface area contributed by atoms with E-state index in [-0.39, 0.29) is 0 Å². The van der Waals surface area contributed by atoms with Gasteiger partial charge in [0.1, 0.15) is 11.6 Å². The molecule has 0 spiro atoms. The predicted octanol–water partition coefficient (Wildman–Crippen LogP) is 1.01. The molecule has 0 unspecified atom stereocenters. The van der Waals surface area contributed by atoms with E-state index in [0.29, 0.717) is 5.92 Å². The Morgan fingerprint density at radius 3 is 2.69 bits per heavy atom. The van der Waals surface area contributed by atoms with Crippen LogP contribution in [0.25, 0.3) is 0 Å². The van der Waals surface area contributed by atoms with E-state index in [1.54, 1.807) is 0 Å². The molecule has 1 aromatic rings. The van der Waals surface area contributed by atoms with Crippen molar-refractivity contribution in [3.63, 3.8) is 0 Å². The molecule has 1 saturated carbocycles. The first-order valence-corrected chi connectivity index (χ1v) is 6.20. The molecule has 16 heavy (non-hydrogen) atoms. The number of aromatic nitrogens is 2. The summed E-state index contributed by atoms with van der Waals surface area (Å²) in [5, 5.41) is 3.37. The van der Waals surface area contributed by atoms with E-state index >= 15 is 0 Å². The molecule has 3 rings (SSSR count). The van der Waals surface area contributed by atoms with Crippen LogP contribution < -0.4 is 11.1 Å². The van der Waals surface area contributed by atoms with E-state index in [4.69, 9.17) is 10.7 Å². The number of hydrogen-bond acceptors (Lipinski definition) is 4. The zero-order valence-corrected chi connectivity index (χ0v) is 9.50. The third kappa shape index (κ3) is 1.67. The lowest BCUT2D eigenvalue weighted by atomic mass is 9.84. The van der Waals surface area contributed by atoms with Crippen molar-refractivity contribution in [1.82, 2.24) is 15.3 Å². The van der Waals surface area contributed by atoms with Crippen molar-refractivity contribution in [1.29, 1.82) is 0 Å². The average Bonchev–Trinajstić information content (AvgIpc) is 2.40. The highest BCUT2D eigenvalue weighted by molar-refractivity contribution is 5.43. The lowest BCUT2D eigenvalue weighted by Crippen LogP contribution is -2.17. The van der Waals surface area contributed by atoms with Crippen LogP contribution in [0, 0.1) is 0 Å². The molecule has 4 heteroatoms. The van der Waals surface area contributed by atoms with Gasteiger partial charge in [-0.05, 0) is 25.8 Å². The summed E-state index contributed by atoms with van der Waals surface area (Å²) < 4.78 is 0. The van der Waals surface area contributed by atoms with E-state index in [0.717, 1.165) is 37.6 Å². The molecule has 1 aliphatic heterocycles. The molecule has 0 amide bonds. The number of anilines is 1. The van der Waals surface area contributed by atoms with Gasteiger partial charge in [0.05, 0.1) is 5.69 Å². The molecule has 86 valence electrons. The molecule has 1 fully saturated rings. The van der Waals surface area contributed by atoms with Gasteiger partial charge in [0.15, 0.2) is 0 Å². The van der Waals surface area contributed by atoms with Gasteiger partial charge in [-0.1, -0.05) is 6.42 Å². The second-order valence-electron chi connectivity index (χ2n) is 4.77. The highest BCUT2D eigenvalue weighted by Crippen LogP contribution is 2.35. The number of rotatable bonds is 1. The standard InChI is InChI=1S/C12H18N4/c13-11-9-4-6-14-7-5-10(9)15-12(16-11)8-2-1-3-8/h8,14H,1-7H2,(H2,13,15,16). The largest absolute Gasteiger partial charge is 0.383 e. The molecule has 0 aromatic carbocycles. The number of nitrogens with zero attached hydrogens (tertiary/aromatic N) is 2. The normalized spacial score (nSPS) is 21.0. The Hall–Kier alpha value is -1.16. The van der Waals surface area contributed by atoms with E-state index in [2.05, 4.69) is 10.3 Å². The molecule has 0 radical (unpaired) electrons. The molecule has 1 aliphatic carbocycles. The second-order valence-corrected chi connectivity index (χ2v) is 4.77. The van der Waals surface area contributed by atoms with Crippen molar-refractivity contribution in [3.8, 4) is 0 Å². The minimum absolute atomic E-state index is 0.573. The fourth-order valence-corrected chi connectivity index (χ4v) is 2.44. The first-order chi connectivity index (χ1) is 7.84. The zero-order valence-electron chi connectivity index (χ0n) is 9.50. The molecular formula is C12H18N4. The van der Waals surface area contributed by atoms with Crippen molar-refractivity contribution in [2.45, 2.75) is 38.0 Å². The minimum Gasteiger partial charge on any atom is -0.383 e. The van der Waals surface area contributed by atoms with Crippen LogP contribution in [0.3, 0.4) is 0 Å². The van der Waals surface area contributed by atoms with Crippen molar-refractivity contribution < 1.29 is 0 Å². The van der Waals surface area contributed by atoms with Crippen LogP contribution in [-0.4, -0.2) is 23.1 Å². The highest BCUT2D eigenvalue weighted by atomic mass is 15.0. The van der Waals surface area contributed by atoms with Crippen molar-refractivity contribution in [3.05, 3.63) is 17.1 Å². The Morgan fingerprint density at radius 1 is 1.12 bits per heavy atom. The van der Waals surface area contributed by atoms with Crippen molar-refractivity contribution in [2.24, 2.45) is 0 Å². The van der Waals surface area contributed by atoms with E-state index < -0.39 is 0 Å². The number of nitrogens with two attached hydrogens (primary N) is 1.